The highest BCUT2D eigenvalue weighted by atomic mass is 32.3. The van der Waals surface area contributed by atoms with E-state index < -0.39 is 46.1 Å². The van der Waals surface area contributed by atoms with Crippen LogP contribution in [0.5, 0.6) is 5.75 Å². The number of rotatable bonds is 14. The Hall–Kier alpha value is -4.63. The largest absolute Gasteiger partial charge is 0.489 e. The second-order valence-corrected chi connectivity index (χ2v) is 13.4. The molecule has 2 aliphatic heterocycles. The molecule has 18 nitrogen and oxygen atoms in total. The fourth-order valence-corrected chi connectivity index (χ4v) is 6.17. The molecule has 2 unspecified atom stereocenters. The standard InChI is InChI=1S/C27H30N10O8S2/c1-27(2)18(25(39)37(27)45-47(40,41)42)9-21(38)23(20-13-46-26(28)31-20)34-44-22(24-32-35-36-33-24)12-43-17-5-6-19-15(8-17)3-4-16(30-19)7-14-10-29-11-14/h3-6,8,13-14,18,22,29H,7,9-12H2,1-2H3,(H2,28,31)(H,40,41,42)(H,32,33,35,36)/b34-23-. The number of aromatic amines is 1. The Balaban J connectivity index is 1.18. The first-order valence-electron chi connectivity index (χ1n) is 14.3. The molecule has 0 saturated carbocycles. The number of hydroxylamine groups is 2. The van der Waals surface area contributed by atoms with Crippen molar-refractivity contribution >= 4 is 55.2 Å². The third-order valence-corrected chi connectivity index (χ3v) is 8.88. The molecular weight excluding hydrogens is 656 g/mol. The number of Topliss-reactive ketones (excluding diaryl/α,β-unsaturated/α-hetero) is 1. The third kappa shape index (κ3) is 7.20. The Morgan fingerprint density at radius 1 is 1.26 bits per heavy atom. The summed E-state index contributed by atoms with van der Waals surface area (Å²) in [7, 11) is -4.96. The van der Waals surface area contributed by atoms with Crippen molar-refractivity contribution in [1.29, 1.82) is 0 Å². The van der Waals surface area contributed by atoms with Crippen LogP contribution >= 0.6 is 11.3 Å². The monoisotopic (exact) mass is 686 g/mol. The zero-order valence-corrected chi connectivity index (χ0v) is 26.7. The SMILES string of the molecule is CC1(C)C(CC(=O)/C(=N\OC(COc2ccc3nc(CC4CNC4)ccc3c2)c2nn[nH]n2)c2csc(N)n2)C(=O)N1OS(=O)(=O)O. The van der Waals surface area contributed by atoms with Crippen LogP contribution in [0.4, 0.5) is 5.13 Å². The molecule has 0 aliphatic carbocycles. The molecule has 0 spiro atoms. The summed E-state index contributed by atoms with van der Waals surface area (Å²) in [4.78, 5) is 40.8. The van der Waals surface area contributed by atoms with Crippen LogP contribution in [0.2, 0.25) is 0 Å². The fraction of sp³-hybridized carbons (Fsp3) is 0.407. The number of amides is 1. The maximum atomic E-state index is 13.5. The van der Waals surface area contributed by atoms with Crippen molar-refractivity contribution in [2.24, 2.45) is 17.0 Å². The lowest BCUT2D eigenvalue weighted by Crippen LogP contribution is -2.68. The van der Waals surface area contributed by atoms with E-state index in [2.05, 4.69) is 40.4 Å². The Morgan fingerprint density at radius 3 is 2.70 bits per heavy atom. The Kier molecular flexibility index (Phi) is 8.85. The number of anilines is 1. The highest BCUT2D eigenvalue weighted by Crippen LogP contribution is 2.40. The molecule has 47 heavy (non-hydrogen) atoms. The van der Waals surface area contributed by atoms with Crippen LogP contribution < -0.4 is 15.8 Å². The molecule has 4 aromatic rings. The predicted octanol–water partition coefficient (Wildman–Crippen LogP) is 1.02. The van der Waals surface area contributed by atoms with E-state index in [0.29, 0.717) is 16.7 Å². The molecule has 5 N–H and O–H groups in total. The van der Waals surface area contributed by atoms with Gasteiger partial charge in [-0.1, -0.05) is 16.4 Å². The zero-order valence-electron chi connectivity index (χ0n) is 25.1. The summed E-state index contributed by atoms with van der Waals surface area (Å²) >= 11 is 1.06. The number of oxime groups is 1. The van der Waals surface area contributed by atoms with Gasteiger partial charge >= 0.3 is 10.4 Å². The number of nitrogens with two attached hydrogens (primary N) is 1. The number of hydrogen-bond donors (Lipinski definition) is 4. The number of tetrazole rings is 1. The third-order valence-electron chi connectivity index (χ3n) is 7.87. The van der Waals surface area contributed by atoms with Gasteiger partial charge in [0.05, 0.1) is 17.0 Å². The minimum Gasteiger partial charge on any atom is -0.489 e. The second-order valence-electron chi connectivity index (χ2n) is 11.5. The lowest BCUT2D eigenvalue weighted by molar-refractivity contribution is -0.228. The second kappa shape index (κ2) is 12.9. The number of benzene rings is 1. The van der Waals surface area contributed by atoms with Gasteiger partial charge in [-0.15, -0.1) is 25.8 Å². The van der Waals surface area contributed by atoms with Gasteiger partial charge in [-0.05, 0) is 63.5 Å². The molecule has 2 atom stereocenters. The van der Waals surface area contributed by atoms with Gasteiger partial charge in [0.2, 0.25) is 11.9 Å². The Labute approximate surface area is 271 Å². The van der Waals surface area contributed by atoms with Crippen LogP contribution in [0.3, 0.4) is 0 Å². The van der Waals surface area contributed by atoms with E-state index >= 15 is 0 Å². The van der Waals surface area contributed by atoms with Crippen LogP contribution in [0.25, 0.3) is 10.9 Å². The number of β-lactam (4-membered cyclic amide) rings is 1. The minimum atomic E-state index is -4.96. The number of nitrogens with one attached hydrogen (secondary N) is 2. The van der Waals surface area contributed by atoms with E-state index in [-0.39, 0.29) is 29.0 Å². The molecule has 0 bridgehead atoms. The van der Waals surface area contributed by atoms with Crippen LogP contribution in [0, 0.1) is 11.8 Å². The number of fused-ring (bicyclic) bond motifs is 1. The number of nitrogens with zero attached hydrogens (tertiary/aromatic N) is 7. The van der Waals surface area contributed by atoms with Gasteiger partial charge in [-0.25, -0.2) is 4.98 Å². The molecule has 5 heterocycles. The molecule has 1 amide bonds. The average Bonchev–Trinajstić information content (AvgIpc) is 3.70. The molecule has 20 heteroatoms. The fourth-order valence-electron chi connectivity index (χ4n) is 5.17. The van der Waals surface area contributed by atoms with Crippen molar-refractivity contribution in [3.05, 3.63) is 52.9 Å². The molecule has 2 aliphatic rings. The first-order valence-corrected chi connectivity index (χ1v) is 16.6. The van der Waals surface area contributed by atoms with Crippen LogP contribution in [0.1, 0.15) is 43.6 Å². The number of hydrogen-bond acceptors (Lipinski definition) is 16. The predicted molar refractivity (Wildman–Crippen MR) is 165 cm³/mol. The average molecular weight is 687 g/mol. The van der Waals surface area contributed by atoms with Crippen molar-refractivity contribution in [2.75, 3.05) is 25.4 Å². The molecule has 3 aromatic heterocycles. The van der Waals surface area contributed by atoms with Crippen molar-refractivity contribution in [3.8, 4) is 5.75 Å². The number of H-pyrrole nitrogens is 1. The van der Waals surface area contributed by atoms with Gasteiger partial charge < -0.3 is 20.6 Å². The summed E-state index contributed by atoms with van der Waals surface area (Å²) in [6, 6.07) is 9.48. The number of ether oxygens (including phenoxy) is 1. The molecule has 2 saturated heterocycles. The van der Waals surface area contributed by atoms with Gasteiger partial charge in [-0.3, -0.25) is 19.1 Å². The first kappa shape index (κ1) is 32.3. The van der Waals surface area contributed by atoms with E-state index in [0.717, 1.165) is 47.4 Å². The molecular formula is C27H30N10O8S2. The lowest BCUT2D eigenvalue weighted by Gasteiger charge is -2.50. The molecule has 0 radical (unpaired) electrons. The summed E-state index contributed by atoms with van der Waals surface area (Å²) in [6.07, 6.45) is -0.538. The smallest absolute Gasteiger partial charge is 0.418 e. The van der Waals surface area contributed by atoms with E-state index in [9.17, 15) is 18.0 Å². The number of thiazole rings is 1. The summed E-state index contributed by atoms with van der Waals surface area (Å²) < 4.78 is 41.8. The van der Waals surface area contributed by atoms with Gasteiger partial charge in [0.15, 0.2) is 16.6 Å². The van der Waals surface area contributed by atoms with Gasteiger partial charge in [0.1, 0.15) is 18.1 Å². The Bertz CT molecular complexity index is 1930. The summed E-state index contributed by atoms with van der Waals surface area (Å²) in [5.41, 5.74) is 6.25. The van der Waals surface area contributed by atoms with Crippen molar-refractivity contribution in [3.63, 3.8) is 0 Å². The van der Waals surface area contributed by atoms with Crippen LogP contribution in [-0.2, 0) is 35.5 Å². The number of nitrogen functional groups attached to an aromatic ring is 1. The maximum absolute atomic E-state index is 13.5. The van der Waals surface area contributed by atoms with Crippen LogP contribution in [-0.4, -0.2) is 91.3 Å². The molecule has 1 aromatic carbocycles. The Morgan fingerprint density at radius 2 is 2.06 bits per heavy atom. The van der Waals surface area contributed by atoms with Gasteiger partial charge in [0, 0.05) is 22.9 Å². The van der Waals surface area contributed by atoms with E-state index in [1.165, 1.54) is 19.2 Å². The topological polar surface area (TPSA) is 250 Å². The van der Waals surface area contributed by atoms with E-state index in [4.69, 9.17) is 24.8 Å². The summed E-state index contributed by atoms with van der Waals surface area (Å²) in [5, 5.41) is 24.2. The summed E-state index contributed by atoms with van der Waals surface area (Å²) in [5.74, 6) is -1.29. The molecule has 248 valence electrons. The van der Waals surface area contributed by atoms with Crippen LogP contribution in [0.15, 0.2) is 40.9 Å². The number of ketones is 1. The van der Waals surface area contributed by atoms with Gasteiger partial charge in [-0.2, -0.15) is 18.7 Å². The number of carbonyl (C=O) groups is 2. The van der Waals surface area contributed by atoms with Gasteiger partial charge in [0.25, 0.3) is 5.91 Å². The number of pyridine rings is 1. The van der Waals surface area contributed by atoms with Crippen molar-refractivity contribution in [1.82, 2.24) is 41.0 Å². The molecule has 6 rings (SSSR count). The minimum absolute atomic E-state index is 0.0872. The quantitative estimate of drug-likeness (QED) is 0.0625. The summed E-state index contributed by atoms with van der Waals surface area (Å²) in [6.45, 7) is 4.82. The first-order chi connectivity index (χ1) is 22.4. The number of aromatic nitrogens is 6. The highest BCUT2D eigenvalue weighted by molar-refractivity contribution is 7.80. The van der Waals surface area contributed by atoms with Crippen molar-refractivity contribution in [2.45, 2.75) is 38.3 Å². The van der Waals surface area contributed by atoms with E-state index in [1.54, 1.807) is 6.07 Å². The normalized spacial score (nSPS) is 18.9. The molecule has 2 fully saturated rings. The lowest BCUT2D eigenvalue weighted by atomic mass is 9.74. The number of carbonyl (C=O) groups excluding carboxylic acids is 2. The maximum Gasteiger partial charge on any atom is 0.418 e. The van der Waals surface area contributed by atoms with E-state index in [1.807, 2.05) is 24.3 Å². The zero-order chi connectivity index (χ0) is 33.3. The highest BCUT2D eigenvalue weighted by Gasteiger charge is 2.57. The van der Waals surface area contributed by atoms with Crippen molar-refractivity contribution < 1.29 is 36.4 Å².